The predicted octanol–water partition coefficient (Wildman–Crippen LogP) is 16.0. The van der Waals surface area contributed by atoms with Crippen LogP contribution in [0.5, 0.6) is 5.75 Å². The summed E-state index contributed by atoms with van der Waals surface area (Å²) in [6.45, 7) is 18.7. The summed E-state index contributed by atoms with van der Waals surface area (Å²) in [6, 6.07) is 29.1. The first kappa shape index (κ1) is 99.2. The van der Waals surface area contributed by atoms with Gasteiger partial charge in [-0.2, -0.15) is 0 Å². The van der Waals surface area contributed by atoms with Crippen molar-refractivity contribution in [3.05, 3.63) is 102 Å². The zero-order valence-corrected chi connectivity index (χ0v) is 72.2. The molecular weight excluding hydrogens is 1520 g/mol. The molecule has 0 bridgehead atoms. The molecule has 3 aromatic carbocycles. The van der Waals surface area contributed by atoms with Gasteiger partial charge in [-0.1, -0.05) is 137 Å². The summed E-state index contributed by atoms with van der Waals surface area (Å²) in [5, 5.41) is 5.01. The Morgan fingerprint density at radius 2 is 0.716 bits per heavy atom. The maximum atomic E-state index is 11.8. The van der Waals surface area contributed by atoms with Crippen molar-refractivity contribution in [2.75, 3.05) is 114 Å². The fraction of sp³-hybridized carbons (Fsp3) is 0.688. The number of unbranched alkanes of at least 4 members (excludes halogenated alkanes) is 12. The first-order valence-corrected chi connectivity index (χ1v) is 45.6. The monoisotopic (exact) mass is 1650 g/mol. The van der Waals surface area contributed by atoms with Crippen LogP contribution in [0, 0.1) is 0 Å². The molecule has 26 nitrogen and oxygen atoms in total. The molecule has 0 spiro atoms. The van der Waals surface area contributed by atoms with E-state index in [1.54, 1.807) is 21.3 Å². The topological polar surface area (TPSA) is 278 Å². The van der Waals surface area contributed by atoms with Gasteiger partial charge in [-0.25, -0.2) is 9.59 Å². The molecule has 4 amide bonds. The summed E-state index contributed by atoms with van der Waals surface area (Å²) in [5.41, 5.74) is 1.38. The zero-order valence-electron chi connectivity index (χ0n) is 67.1. The number of rotatable bonds is 55. The molecule has 3 aromatic rings. The third-order valence-electron chi connectivity index (χ3n) is 15.3. The molecule has 2 saturated heterocycles. The Morgan fingerprint density at radius 1 is 0.404 bits per heavy atom. The number of methoxy groups -OCH3 is 3. The van der Waals surface area contributed by atoms with Crippen molar-refractivity contribution < 1.29 is 108 Å². The van der Waals surface area contributed by atoms with Crippen LogP contribution >= 0.6 is 20.2 Å². The number of carbonyl (C=O) groups excluding carboxylic acids is 6. The molecule has 620 valence electrons. The fourth-order valence-corrected chi connectivity index (χ4v) is 18.8. The molecule has 0 saturated carbocycles. The van der Waals surface area contributed by atoms with Gasteiger partial charge >= 0.3 is 32.1 Å². The maximum absolute atomic E-state index is 11.8. The minimum Gasteiger partial charge on any atom is -0.497 e. The lowest BCUT2D eigenvalue weighted by Gasteiger charge is -2.37. The van der Waals surface area contributed by atoms with Crippen LogP contribution in [0.15, 0.2) is 84.9 Å². The van der Waals surface area contributed by atoms with Crippen molar-refractivity contribution >= 4 is 91.1 Å². The van der Waals surface area contributed by atoms with Gasteiger partial charge in [-0.3, -0.25) is 24.5 Å². The normalized spacial score (nSPS) is 15.3. The van der Waals surface area contributed by atoms with Gasteiger partial charge in [0, 0.05) is 59.3 Å². The lowest BCUT2D eigenvalue weighted by atomic mass is 9.77. The molecule has 2 fully saturated rings. The predicted molar refractivity (Wildman–Crippen MR) is 430 cm³/mol. The molecule has 2 aliphatic heterocycles. The van der Waals surface area contributed by atoms with Crippen LogP contribution in [0.4, 0.5) is 0 Å². The average molecular weight is 1650 g/mol. The van der Waals surface area contributed by atoms with E-state index in [0.29, 0.717) is 115 Å². The van der Waals surface area contributed by atoms with Crippen molar-refractivity contribution in [3.8, 4) is 5.75 Å². The highest BCUT2D eigenvalue weighted by Crippen LogP contribution is 2.55. The van der Waals surface area contributed by atoms with Crippen molar-refractivity contribution in [3.63, 3.8) is 0 Å². The molecule has 5 rings (SSSR count). The van der Waals surface area contributed by atoms with E-state index in [-0.39, 0.29) is 44.6 Å². The third-order valence-corrected chi connectivity index (χ3v) is 23.3. The van der Waals surface area contributed by atoms with Gasteiger partial charge in [0.1, 0.15) is 5.75 Å². The van der Waals surface area contributed by atoms with E-state index >= 15 is 0 Å². The summed E-state index contributed by atoms with van der Waals surface area (Å²) < 4.78 is 84.9. The van der Waals surface area contributed by atoms with Crippen LogP contribution in [-0.2, 0) is 144 Å². The maximum Gasteiger partial charge on any atom is 0.333 e. The molecule has 109 heavy (non-hydrogen) atoms. The van der Waals surface area contributed by atoms with Crippen LogP contribution in [0.3, 0.4) is 0 Å². The van der Waals surface area contributed by atoms with Crippen molar-refractivity contribution in [1.82, 2.24) is 15.4 Å². The van der Waals surface area contributed by atoms with E-state index in [4.69, 9.17) is 114 Å². The number of ether oxygens (including phenoxy) is 6. The van der Waals surface area contributed by atoms with E-state index in [1.165, 1.54) is 0 Å². The van der Waals surface area contributed by atoms with Gasteiger partial charge < -0.3 is 78.8 Å². The highest BCUT2D eigenvalue weighted by Gasteiger charge is 2.38. The van der Waals surface area contributed by atoms with Crippen LogP contribution in [0.1, 0.15) is 221 Å². The molecule has 2 heterocycles. The SMILES string of the molecule is COCCOCCOP(=S)(OCCCCCCCCCC(=O)ON1C(=O)CCC1=O)OC(C)(C)C.COCCOCCOP(=S)(OCCCCCCCCCC(=O)ON1C(=O)CCC1=O)OC(C)(C)C.COc1ccc(C(NCCOCCOP(=S)(OC(C)C)OC(C)(C)C)(c2ccccc2)c2ccccc2)cc1. The molecule has 32 heteroatoms. The second kappa shape index (κ2) is 54.0. The Hall–Kier alpha value is -3.97. The number of hydrogen-bond donors (Lipinski definition) is 1. The number of nitrogens with zero attached hydrogens (tertiary/aromatic N) is 2. The summed E-state index contributed by atoms with van der Waals surface area (Å²) in [5.74, 6) is -2.07. The Bertz CT molecular complexity index is 3030. The summed E-state index contributed by atoms with van der Waals surface area (Å²) >= 11 is 16.8. The van der Waals surface area contributed by atoms with Crippen molar-refractivity contribution in [2.45, 2.75) is 233 Å². The van der Waals surface area contributed by atoms with Crippen LogP contribution in [0.2, 0.25) is 0 Å². The Morgan fingerprint density at radius 3 is 1.06 bits per heavy atom. The largest absolute Gasteiger partial charge is 0.497 e. The Kier molecular flexibility index (Phi) is 49.1. The molecule has 2 aliphatic rings. The lowest BCUT2D eigenvalue weighted by Crippen LogP contribution is -2.46. The van der Waals surface area contributed by atoms with Crippen LogP contribution in [-0.4, -0.2) is 182 Å². The highest BCUT2D eigenvalue weighted by molar-refractivity contribution is 8.08. The number of hydroxylamine groups is 4. The standard InChI is InChI=1S/C31H42NO5PS.2C23H42NO9PS/c1-25(2)36-38(39,37-30(3,4)5)35-24-23-34-22-21-32-31(26-13-9-7-10-14-26,27-15-11-8-12-16-27)28-17-19-29(33-6)20-18-28;2*1-23(2,3)33-34(35,31-19-18-29-17-16-28-4)30-15-11-9-7-5-6-8-10-12-22(27)32-24-20(25)13-14-21(24)26/h7-20,25,32H,21-24H2,1-6H3;2*5-19H2,1-4H3. The first-order chi connectivity index (χ1) is 51.7. The Labute approximate surface area is 664 Å². The fourth-order valence-electron chi connectivity index (χ4n) is 10.5. The highest BCUT2D eigenvalue weighted by atomic mass is 32.5. The van der Waals surface area contributed by atoms with Gasteiger partial charge in [0.2, 0.25) is 0 Å². The minimum absolute atomic E-state index is 0.0923. The van der Waals surface area contributed by atoms with E-state index in [0.717, 1.165) is 99.5 Å². The number of amides is 4. The number of benzene rings is 3. The number of imide groups is 2. The summed E-state index contributed by atoms with van der Waals surface area (Å²) in [7, 11) is 4.92. The van der Waals surface area contributed by atoms with Gasteiger partial charge in [0.15, 0.2) is 0 Å². The van der Waals surface area contributed by atoms with Gasteiger partial charge in [-0.05, 0) is 166 Å². The smallest absolute Gasteiger partial charge is 0.333 e. The van der Waals surface area contributed by atoms with E-state index in [1.807, 2.05) is 100 Å². The second-order valence-corrected chi connectivity index (χ2v) is 37.5. The third kappa shape index (κ3) is 43.9. The Balaban J connectivity index is 0.000000425. The van der Waals surface area contributed by atoms with E-state index in [2.05, 4.69) is 66.0 Å². The van der Waals surface area contributed by atoms with Gasteiger partial charge in [-0.15, -0.1) is 10.1 Å². The van der Waals surface area contributed by atoms with Crippen molar-refractivity contribution in [1.29, 1.82) is 0 Å². The zero-order chi connectivity index (χ0) is 80.7. The lowest BCUT2D eigenvalue weighted by molar-refractivity contribution is -0.197. The number of hydrogen-bond acceptors (Lipinski definition) is 27. The molecule has 3 atom stereocenters. The number of nitrogens with one attached hydrogen (secondary N) is 1. The molecule has 3 unspecified atom stereocenters. The first-order valence-electron chi connectivity index (χ1n) is 37.9. The van der Waals surface area contributed by atoms with Gasteiger partial charge in [0.05, 0.1) is 121 Å². The molecular formula is C77H126N3O23P3S3. The van der Waals surface area contributed by atoms with E-state index in [9.17, 15) is 28.8 Å². The summed E-state index contributed by atoms with van der Waals surface area (Å²) in [6.07, 6.45) is 13.7. The molecule has 0 aromatic heterocycles. The van der Waals surface area contributed by atoms with Crippen LogP contribution < -0.4 is 10.1 Å². The average Bonchev–Trinajstić information content (AvgIpc) is 1.30. The quantitative estimate of drug-likeness (QED) is 0.0238. The minimum atomic E-state index is -2.88. The molecule has 0 aliphatic carbocycles. The van der Waals surface area contributed by atoms with E-state index < -0.39 is 78.1 Å². The molecule has 1 N–H and O–H groups in total. The second-order valence-electron chi connectivity index (χ2n) is 28.8. The van der Waals surface area contributed by atoms with Gasteiger partial charge in [0.25, 0.3) is 23.6 Å². The van der Waals surface area contributed by atoms with Crippen LogP contribution in [0.25, 0.3) is 0 Å². The molecule has 0 radical (unpaired) electrons. The van der Waals surface area contributed by atoms with Crippen molar-refractivity contribution in [2.24, 2.45) is 0 Å². The summed E-state index contributed by atoms with van der Waals surface area (Å²) in [4.78, 5) is 79.0. The number of carbonyl (C=O) groups is 6.